The van der Waals surface area contributed by atoms with Gasteiger partial charge in [0.05, 0.1) is 10.8 Å². The fourth-order valence-electron chi connectivity index (χ4n) is 15.5. The van der Waals surface area contributed by atoms with Crippen molar-refractivity contribution < 1.29 is 17.7 Å². The van der Waals surface area contributed by atoms with Crippen LogP contribution in [0.2, 0.25) is 0 Å². The van der Waals surface area contributed by atoms with Crippen LogP contribution in [-0.4, -0.2) is 0 Å². The van der Waals surface area contributed by atoms with Gasteiger partial charge >= 0.3 is 0 Å². The molecule has 0 atom stereocenters. The van der Waals surface area contributed by atoms with Crippen molar-refractivity contribution >= 4 is 195 Å². The van der Waals surface area contributed by atoms with E-state index in [-0.39, 0.29) is 37.9 Å². The Morgan fingerprint density at radius 1 is 0.244 bits per heavy atom. The van der Waals surface area contributed by atoms with E-state index in [1.165, 1.54) is 5.56 Å². The van der Waals surface area contributed by atoms with Crippen LogP contribution in [0.25, 0.3) is 195 Å². The van der Waals surface area contributed by atoms with Gasteiger partial charge in [0.15, 0.2) is 21.7 Å². The average Bonchev–Trinajstić information content (AvgIpc) is 0.813. The molecule has 16 aromatic carbocycles. The van der Waals surface area contributed by atoms with Crippen molar-refractivity contribution in [1.82, 2.24) is 0 Å². The number of benzene rings is 16. The van der Waals surface area contributed by atoms with Gasteiger partial charge < -0.3 is 17.7 Å². The number of hydrogen-bond donors (Lipinski definition) is 0. The lowest BCUT2D eigenvalue weighted by atomic mass is 9.87. The molecule has 0 N–H and O–H groups in total. The van der Waals surface area contributed by atoms with Gasteiger partial charge in [-0.15, -0.1) is 0 Å². The van der Waals surface area contributed by atoms with E-state index in [0.29, 0.717) is 66.5 Å². The van der Waals surface area contributed by atoms with Crippen molar-refractivity contribution in [2.45, 2.75) is 13.3 Å². The first-order valence-corrected chi connectivity index (χ1v) is 28.8. The maximum Gasteiger partial charge on any atom is 0.198 e. The second kappa shape index (κ2) is 16.0. The smallest absolute Gasteiger partial charge is 0.198 e. The molecular formula is C78H38O8. The number of rotatable bonds is 2. The van der Waals surface area contributed by atoms with Crippen LogP contribution in [0.4, 0.5) is 0 Å². The molecule has 0 aliphatic rings. The van der Waals surface area contributed by atoms with E-state index >= 15 is 9.59 Å². The molecular weight excluding hydrogens is 1060 g/mol. The normalized spacial score (nSPS) is 12.7. The number of aryl methyl sites for hydroxylation is 1. The maximum absolute atomic E-state index is 15.3. The summed E-state index contributed by atoms with van der Waals surface area (Å²) in [4.78, 5) is 58.7. The van der Waals surface area contributed by atoms with Crippen molar-refractivity contribution in [3.63, 3.8) is 0 Å². The largest absolute Gasteiger partial charge is 0.455 e. The molecule has 20 aromatic rings. The highest BCUT2D eigenvalue weighted by atomic mass is 16.3. The van der Waals surface area contributed by atoms with Gasteiger partial charge in [0.2, 0.25) is 0 Å². The number of fused-ring (bicyclic) bond motifs is 22. The molecule has 8 nitrogen and oxygen atoms in total. The first-order chi connectivity index (χ1) is 42.3. The summed E-state index contributed by atoms with van der Waals surface area (Å²) < 4.78 is 27.8. The van der Waals surface area contributed by atoms with Crippen LogP contribution in [0.15, 0.2) is 237 Å². The molecule has 4 heterocycles. The monoisotopic (exact) mass is 1100 g/mol. The molecule has 0 saturated heterocycles. The minimum absolute atomic E-state index is 0.221. The predicted octanol–water partition coefficient (Wildman–Crippen LogP) is 19.0. The Morgan fingerprint density at radius 3 is 1.12 bits per heavy atom. The highest BCUT2D eigenvalue weighted by Gasteiger charge is 2.27. The van der Waals surface area contributed by atoms with E-state index < -0.39 is 0 Å². The van der Waals surface area contributed by atoms with E-state index in [1.807, 2.05) is 72.8 Å². The minimum atomic E-state index is -0.295. The summed E-state index contributed by atoms with van der Waals surface area (Å²) in [5, 5.41) is 21.6. The van der Waals surface area contributed by atoms with E-state index in [4.69, 9.17) is 17.7 Å². The Hall–Kier alpha value is -11.5. The van der Waals surface area contributed by atoms with Gasteiger partial charge in [0.25, 0.3) is 0 Å². The SMILES string of the molecule is Cc1cc2c(oc3cccc4c3c2c2cccc3oc5c6ccccc6c(Cc6ccc7c(=O)c8c(ccc9c8oc8cccc%10c8c9c8cccc9oc%11c(ccc%12c(=O)c%13ccccc%13c(=O)c%12%11)c%10c98)c(=O)c7c6)cc5c4c32)c2ccccc12. The summed E-state index contributed by atoms with van der Waals surface area (Å²) in [6.45, 7) is 2.17. The Labute approximate surface area is 481 Å². The average molecular weight is 1100 g/mol. The predicted molar refractivity (Wildman–Crippen MR) is 352 cm³/mol. The van der Waals surface area contributed by atoms with Crippen LogP contribution in [-0.2, 0) is 6.42 Å². The van der Waals surface area contributed by atoms with Gasteiger partial charge in [-0.2, -0.15) is 0 Å². The first-order valence-electron chi connectivity index (χ1n) is 28.8. The second-order valence-electron chi connectivity index (χ2n) is 23.3. The van der Waals surface area contributed by atoms with Crippen molar-refractivity contribution in [2.75, 3.05) is 0 Å². The highest BCUT2D eigenvalue weighted by Crippen LogP contribution is 2.50. The minimum Gasteiger partial charge on any atom is -0.455 e. The first kappa shape index (κ1) is 46.1. The zero-order valence-electron chi connectivity index (χ0n) is 45.5. The van der Waals surface area contributed by atoms with E-state index in [2.05, 4.69) is 91.9 Å². The lowest BCUT2D eigenvalue weighted by Crippen LogP contribution is -2.13. The molecule has 0 aliphatic carbocycles. The van der Waals surface area contributed by atoms with Gasteiger partial charge in [-0.25, -0.2) is 0 Å². The van der Waals surface area contributed by atoms with Gasteiger partial charge in [0.1, 0.15) is 44.7 Å². The molecule has 0 spiro atoms. The van der Waals surface area contributed by atoms with Crippen LogP contribution in [0.1, 0.15) is 16.7 Å². The van der Waals surface area contributed by atoms with Crippen LogP contribution < -0.4 is 21.7 Å². The summed E-state index contributed by atoms with van der Waals surface area (Å²) in [5.41, 5.74) is 7.03. The lowest BCUT2D eigenvalue weighted by Gasteiger charge is -2.19. The molecule has 398 valence electrons. The summed E-state index contributed by atoms with van der Waals surface area (Å²) in [7, 11) is 0. The van der Waals surface area contributed by atoms with Crippen molar-refractivity contribution in [3.05, 3.63) is 258 Å². The van der Waals surface area contributed by atoms with Crippen LogP contribution >= 0.6 is 0 Å². The fraction of sp³-hybridized carbons (Fsp3) is 0.0256. The third-order valence-corrected chi connectivity index (χ3v) is 19.0. The van der Waals surface area contributed by atoms with Crippen molar-refractivity contribution in [1.29, 1.82) is 0 Å². The van der Waals surface area contributed by atoms with Crippen LogP contribution in [0.5, 0.6) is 0 Å². The van der Waals surface area contributed by atoms with E-state index in [9.17, 15) is 9.59 Å². The van der Waals surface area contributed by atoms with Crippen LogP contribution in [0.3, 0.4) is 0 Å². The topological polar surface area (TPSA) is 121 Å². The molecule has 0 aliphatic heterocycles. The standard InChI is InChI=1S/C78H38O8/c1-36-32-55-63-48-20-10-23-58-68(48)64(49-21-11-22-57(67(49)63)83-75(55)44-16-6-2-12-39(36)44)56-35-38(40-13-3-7-17-45(40)76(56)84-58)33-37-26-27-43-54(34-37)72(80)51-29-31-53-62-47-19-8-24-59-65(47)61(46-18-9-25-60(66(46)62)86-78(53)70(51)74(43)82)52-30-28-50-69(77(52)85-59)73(81)42-15-5-4-14-41(42)71(50)79/h2-32,34-35H,33H2,1H3. The molecule has 4 aromatic heterocycles. The molecule has 0 saturated carbocycles. The number of hydrogen-bond acceptors (Lipinski definition) is 8. The van der Waals surface area contributed by atoms with Crippen molar-refractivity contribution in [3.8, 4) is 0 Å². The summed E-state index contributed by atoms with van der Waals surface area (Å²) in [5.74, 6) is 0. The zero-order chi connectivity index (χ0) is 56.7. The Bertz CT molecular complexity index is 6900. The Balaban J connectivity index is 0.790. The summed E-state index contributed by atoms with van der Waals surface area (Å²) >= 11 is 0. The van der Waals surface area contributed by atoms with Gasteiger partial charge in [-0.1, -0.05) is 133 Å². The molecule has 0 unspecified atom stereocenters. The summed E-state index contributed by atoms with van der Waals surface area (Å²) in [6.07, 6.45) is 0.467. The van der Waals surface area contributed by atoms with E-state index in [1.54, 1.807) is 42.5 Å². The van der Waals surface area contributed by atoms with Crippen molar-refractivity contribution in [2.24, 2.45) is 0 Å². The summed E-state index contributed by atoms with van der Waals surface area (Å²) in [6, 6.07) is 65.5. The van der Waals surface area contributed by atoms with Gasteiger partial charge in [-0.3, -0.25) is 19.2 Å². The van der Waals surface area contributed by atoms with Gasteiger partial charge in [0, 0.05) is 108 Å². The lowest BCUT2D eigenvalue weighted by molar-refractivity contribution is 0.664. The molecule has 0 radical (unpaired) electrons. The molecule has 8 heteroatoms. The maximum atomic E-state index is 15.3. The third kappa shape index (κ3) is 5.64. The highest BCUT2D eigenvalue weighted by molar-refractivity contribution is 6.43. The van der Waals surface area contributed by atoms with Crippen LogP contribution in [0, 0.1) is 6.92 Å². The zero-order valence-corrected chi connectivity index (χ0v) is 45.5. The second-order valence-corrected chi connectivity index (χ2v) is 23.3. The van der Waals surface area contributed by atoms with Gasteiger partial charge in [-0.05, 0) is 129 Å². The molecule has 0 amide bonds. The molecule has 0 bridgehead atoms. The Kier molecular flexibility index (Phi) is 8.56. The third-order valence-electron chi connectivity index (χ3n) is 19.0. The Morgan fingerprint density at radius 2 is 0.605 bits per heavy atom. The molecule has 20 rings (SSSR count). The fourth-order valence-corrected chi connectivity index (χ4v) is 15.5. The van der Waals surface area contributed by atoms with E-state index in [0.717, 1.165) is 130 Å². The molecule has 0 fully saturated rings. The quantitative estimate of drug-likeness (QED) is 0.124. The molecule has 86 heavy (non-hydrogen) atoms.